The Morgan fingerprint density at radius 1 is 1.26 bits per heavy atom. The van der Waals surface area contributed by atoms with E-state index in [0.29, 0.717) is 24.2 Å². The average Bonchev–Trinajstić information content (AvgIpc) is 2.97. The molecule has 148 valence electrons. The van der Waals surface area contributed by atoms with Crippen molar-refractivity contribution in [3.8, 4) is 5.75 Å². The van der Waals surface area contributed by atoms with Gasteiger partial charge in [0.15, 0.2) is 0 Å². The van der Waals surface area contributed by atoms with E-state index in [4.69, 9.17) is 4.74 Å². The molecule has 0 aliphatic heterocycles. The molecular weight excluding hydrogens is 340 g/mol. The van der Waals surface area contributed by atoms with E-state index in [1.54, 1.807) is 12.1 Å². The predicted molar refractivity (Wildman–Crippen MR) is 103 cm³/mol. The fraction of sp³-hybridized carbons (Fsp3) is 0.696. The average molecular weight is 373 g/mol. The van der Waals surface area contributed by atoms with Gasteiger partial charge in [-0.15, -0.1) is 0 Å². The molecule has 0 radical (unpaired) electrons. The number of phenols is 1. The molecule has 0 heterocycles. The number of ether oxygens (including phenoxy) is 1. The molecular formula is C23H32O4. The van der Waals surface area contributed by atoms with Crippen LogP contribution in [0.5, 0.6) is 5.75 Å². The molecule has 3 aliphatic rings. The Bertz CT molecular complexity index is 714. The first-order chi connectivity index (χ1) is 12.9. The number of aliphatic hydroxyl groups is 1. The molecule has 0 aromatic heterocycles. The van der Waals surface area contributed by atoms with E-state index >= 15 is 0 Å². The van der Waals surface area contributed by atoms with Gasteiger partial charge >= 0.3 is 5.97 Å². The zero-order valence-corrected chi connectivity index (χ0v) is 16.5. The van der Waals surface area contributed by atoms with Crippen LogP contribution in [0.2, 0.25) is 0 Å². The van der Waals surface area contributed by atoms with Crippen LogP contribution in [-0.2, 0) is 9.53 Å². The lowest BCUT2D eigenvalue weighted by molar-refractivity contribution is -0.158. The number of hydrogen-bond acceptors (Lipinski definition) is 4. The number of carbonyl (C=O) groups excluding carboxylic acids is 1. The van der Waals surface area contributed by atoms with Crippen molar-refractivity contribution in [2.45, 2.75) is 83.3 Å². The molecule has 1 aromatic rings. The summed E-state index contributed by atoms with van der Waals surface area (Å²) in [6.45, 7) is 4.39. The van der Waals surface area contributed by atoms with Gasteiger partial charge in [0.05, 0.1) is 6.10 Å². The standard InChI is InChI=1S/C23H32O4/c1-3-4-5-22(26)27-21-9-8-19-17-13-20(25)18-12-14(24)6-7-15(18)16(17)10-11-23(19,21)2/h6-7,12,16-17,19-21,24-25H,3-5,8-11,13H2,1-2H3/t16-,17-,19+,20+,21+,23+/m0/s1. The summed E-state index contributed by atoms with van der Waals surface area (Å²) in [5.41, 5.74) is 2.14. The number of hydrogen-bond donors (Lipinski definition) is 2. The third kappa shape index (κ3) is 3.16. The molecule has 3 aliphatic carbocycles. The predicted octanol–water partition coefficient (Wildman–Crippen LogP) is 4.84. The van der Waals surface area contributed by atoms with Crippen LogP contribution in [0, 0.1) is 17.3 Å². The van der Waals surface area contributed by atoms with Gasteiger partial charge in [0.1, 0.15) is 11.9 Å². The minimum Gasteiger partial charge on any atom is -0.508 e. The van der Waals surface area contributed by atoms with Gasteiger partial charge in [-0.3, -0.25) is 4.79 Å². The highest BCUT2D eigenvalue weighted by atomic mass is 16.5. The van der Waals surface area contributed by atoms with Crippen molar-refractivity contribution in [1.29, 1.82) is 0 Å². The topological polar surface area (TPSA) is 66.8 Å². The number of fused-ring (bicyclic) bond motifs is 5. The first-order valence-corrected chi connectivity index (χ1v) is 10.6. The Kier molecular flexibility index (Phi) is 4.96. The lowest BCUT2D eigenvalue weighted by Gasteiger charge is -2.51. The third-order valence-corrected chi connectivity index (χ3v) is 7.68. The highest BCUT2D eigenvalue weighted by Gasteiger charge is 2.57. The van der Waals surface area contributed by atoms with Gasteiger partial charge < -0.3 is 14.9 Å². The largest absolute Gasteiger partial charge is 0.508 e. The van der Waals surface area contributed by atoms with Gasteiger partial charge in [-0.2, -0.15) is 0 Å². The molecule has 0 amide bonds. The SMILES string of the molecule is CCCCC(=O)O[C@@H]1CC[C@@H]2[C@H]3C[C@@H](O)c4cc(O)ccc4[C@@H]3CC[C@]21C. The number of aliphatic hydroxyl groups excluding tert-OH is 1. The molecule has 4 heteroatoms. The summed E-state index contributed by atoms with van der Waals surface area (Å²) in [5, 5.41) is 20.6. The number of aromatic hydroxyl groups is 1. The number of carbonyl (C=O) groups is 1. The molecule has 2 saturated carbocycles. The van der Waals surface area contributed by atoms with E-state index in [0.717, 1.165) is 50.5 Å². The lowest BCUT2D eigenvalue weighted by atomic mass is 9.55. The van der Waals surface area contributed by atoms with E-state index < -0.39 is 6.10 Å². The first kappa shape index (κ1) is 18.8. The molecule has 0 bridgehead atoms. The first-order valence-electron chi connectivity index (χ1n) is 10.6. The van der Waals surface area contributed by atoms with Gasteiger partial charge in [-0.1, -0.05) is 26.3 Å². The lowest BCUT2D eigenvalue weighted by Crippen LogP contribution is -2.45. The maximum Gasteiger partial charge on any atom is 0.306 e. The zero-order valence-electron chi connectivity index (χ0n) is 16.5. The number of rotatable bonds is 4. The van der Waals surface area contributed by atoms with Gasteiger partial charge in [0.25, 0.3) is 0 Å². The van der Waals surface area contributed by atoms with Crippen LogP contribution in [0.25, 0.3) is 0 Å². The van der Waals surface area contributed by atoms with E-state index in [1.807, 2.05) is 6.07 Å². The Hall–Kier alpha value is -1.55. The van der Waals surface area contributed by atoms with Crippen molar-refractivity contribution in [2.75, 3.05) is 0 Å². The minimum atomic E-state index is -0.512. The summed E-state index contributed by atoms with van der Waals surface area (Å²) < 4.78 is 5.94. The molecule has 0 spiro atoms. The van der Waals surface area contributed by atoms with Gasteiger partial charge in [0.2, 0.25) is 0 Å². The van der Waals surface area contributed by atoms with Crippen molar-refractivity contribution >= 4 is 5.97 Å². The second kappa shape index (κ2) is 7.12. The Balaban J connectivity index is 1.55. The highest BCUT2D eigenvalue weighted by Crippen LogP contribution is 2.62. The smallest absolute Gasteiger partial charge is 0.306 e. The number of esters is 1. The molecule has 0 saturated heterocycles. The molecule has 4 rings (SSSR count). The van der Waals surface area contributed by atoms with E-state index in [1.165, 1.54) is 5.56 Å². The molecule has 6 atom stereocenters. The van der Waals surface area contributed by atoms with Crippen LogP contribution in [0.3, 0.4) is 0 Å². The Labute approximate surface area is 161 Å². The van der Waals surface area contributed by atoms with Crippen molar-refractivity contribution in [1.82, 2.24) is 0 Å². The second-order valence-corrected chi connectivity index (χ2v) is 9.15. The van der Waals surface area contributed by atoms with Crippen LogP contribution < -0.4 is 0 Å². The van der Waals surface area contributed by atoms with E-state index in [-0.39, 0.29) is 23.2 Å². The molecule has 2 N–H and O–H groups in total. The molecule has 4 nitrogen and oxygen atoms in total. The van der Waals surface area contributed by atoms with Gasteiger partial charge in [-0.25, -0.2) is 0 Å². The fourth-order valence-corrected chi connectivity index (χ4v) is 6.26. The van der Waals surface area contributed by atoms with E-state index in [9.17, 15) is 15.0 Å². The summed E-state index contributed by atoms with van der Waals surface area (Å²) >= 11 is 0. The van der Waals surface area contributed by atoms with Crippen LogP contribution in [0.4, 0.5) is 0 Å². The summed E-state index contributed by atoms with van der Waals surface area (Å²) in [6, 6.07) is 5.48. The zero-order chi connectivity index (χ0) is 19.2. The normalized spacial score (nSPS) is 37.2. The van der Waals surface area contributed by atoms with Crippen LogP contribution in [0.1, 0.15) is 88.4 Å². The number of benzene rings is 1. The van der Waals surface area contributed by atoms with Crippen molar-refractivity contribution in [3.05, 3.63) is 29.3 Å². The van der Waals surface area contributed by atoms with Gasteiger partial charge in [-0.05, 0) is 79.5 Å². The monoisotopic (exact) mass is 372 g/mol. The summed E-state index contributed by atoms with van der Waals surface area (Å²) in [7, 11) is 0. The van der Waals surface area contributed by atoms with Crippen molar-refractivity contribution in [3.63, 3.8) is 0 Å². The summed E-state index contributed by atoms with van der Waals surface area (Å²) in [6.07, 6.45) is 6.82. The van der Waals surface area contributed by atoms with E-state index in [2.05, 4.69) is 13.8 Å². The number of phenolic OH excluding ortho intramolecular Hbond substituents is 1. The maximum absolute atomic E-state index is 12.2. The quantitative estimate of drug-likeness (QED) is 0.742. The Morgan fingerprint density at radius 2 is 2.07 bits per heavy atom. The van der Waals surface area contributed by atoms with Gasteiger partial charge in [0, 0.05) is 11.8 Å². The Morgan fingerprint density at radius 3 is 2.85 bits per heavy atom. The summed E-state index contributed by atoms with van der Waals surface area (Å²) in [4.78, 5) is 12.2. The molecule has 1 aromatic carbocycles. The van der Waals surface area contributed by atoms with Crippen LogP contribution in [-0.4, -0.2) is 22.3 Å². The molecule has 27 heavy (non-hydrogen) atoms. The molecule has 0 unspecified atom stereocenters. The molecule has 2 fully saturated rings. The number of unbranched alkanes of at least 4 members (excludes halogenated alkanes) is 1. The second-order valence-electron chi connectivity index (χ2n) is 9.15. The van der Waals surface area contributed by atoms with Crippen molar-refractivity contribution < 1.29 is 19.7 Å². The highest BCUT2D eigenvalue weighted by molar-refractivity contribution is 5.69. The third-order valence-electron chi connectivity index (χ3n) is 7.68. The van der Waals surface area contributed by atoms with Crippen LogP contribution in [0.15, 0.2) is 18.2 Å². The van der Waals surface area contributed by atoms with Crippen LogP contribution >= 0.6 is 0 Å². The fourth-order valence-electron chi connectivity index (χ4n) is 6.26. The van der Waals surface area contributed by atoms with Crippen molar-refractivity contribution in [2.24, 2.45) is 17.3 Å². The maximum atomic E-state index is 12.2. The summed E-state index contributed by atoms with van der Waals surface area (Å²) in [5.74, 6) is 1.53. The minimum absolute atomic E-state index is 0.0196.